The van der Waals surface area contributed by atoms with Crippen LogP contribution in [-0.4, -0.2) is 54.5 Å². The molecule has 5 heteroatoms. The monoisotopic (exact) mass is 270 g/mol. The number of nitrogens with one attached hydrogen (secondary N) is 1. The maximum atomic E-state index is 12.2. The van der Waals surface area contributed by atoms with Crippen LogP contribution in [0.2, 0.25) is 0 Å². The third-order valence-corrected chi connectivity index (χ3v) is 3.80. The summed E-state index contributed by atoms with van der Waals surface area (Å²) in [5.74, 6) is 0. The Kier molecular flexibility index (Phi) is 4.06. The summed E-state index contributed by atoms with van der Waals surface area (Å²) in [6.07, 6.45) is 1.72. The van der Waals surface area contributed by atoms with E-state index in [0.717, 1.165) is 25.9 Å². The molecule has 2 rings (SSSR count). The van der Waals surface area contributed by atoms with Gasteiger partial charge in [0.15, 0.2) is 0 Å². The van der Waals surface area contributed by atoms with E-state index in [2.05, 4.69) is 5.32 Å². The molecule has 2 fully saturated rings. The third kappa shape index (κ3) is 3.39. The van der Waals surface area contributed by atoms with Crippen LogP contribution in [0.4, 0.5) is 4.79 Å². The van der Waals surface area contributed by atoms with E-state index in [4.69, 9.17) is 9.47 Å². The van der Waals surface area contributed by atoms with E-state index in [-0.39, 0.29) is 17.7 Å². The maximum absolute atomic E-state index is 12.2. The van der Waals surface area contributed by atoms with Crippen molar-refractivity contribution in [1.29, 1.82) is 0 Å². The van der Waals surface area contributed by atoms with Crippen LogP contribution in [0, 0.1) is 0 Å². The zero-order valence-electron chi connectivity index (χ0n) is 12.5. The molecule has 0 aromatic rings. The van der Waals surface area contributed by atoms with Gasteiger partial charge < -0.3 is 19.7 Å². The Balaban J connectivity index is 1.97. The number of amides is 1. The van der Waals surface area contributed by atoms with Gasteiger partial charge in [0.25, 0.3) is 0 Å². The van der Waals surface area contributed by atoms with Crippen LogP contribution in [0.3, 0.4) is 0 Å². The molecule has 0 saturated carbocycles. The summed E-state index contributed by atoms with van der Waals surface area (Å²) in [5.41, 5.74) is -0.503. The molecule has 2 aliphatic rings. The number of carbonyl (C=O) groups excluding carboxylic acids is 1. The molecule has 0 radical (unpaired) electrons. The summed E-state index contributed by atoms with van der Waals surface area (Å²) in [7, 11) is 0. The Morgan fingerprint density at radius 2 is 2.26 bits per heavy atom. The van der Waals surface area contributed by atoms with E-state index in [1.165, 1.54) is 0 Å². The first-order chi connectivity index (χ1) is 8.85. The standard InChI is InChI=1S/C14H26N2O3/c1-5-16(12(17)19-13(2,3)4)11-8-14(18-9-11)6-7-15-10-14/h11,15H,5-10H2,1-4H3/t11-,14-/m0/s1. The molecule has 2 heterocycles. The Labute approximate surface area is 115 Å². The normalized spacial score (nSPS) is 30.8. The number of hydrogen-bond donors (Lipinski definition) is 1. The van der Waals surface area contributed by atoms with Gasteiger partial charge in [-0.1, -0.05) is 0 Å². The highest BCUT2D eigenvalue weighted by Gasteiger charge is 2.45. The first-order valence-corrected chi connectivity index (χ1v) is 7.19. The molecule has 1 amide bonds. The fourth-order valence-corrected chi connectivity index (χ4v) is 2.90. The molecule has 110 valence electrons. The minimum Gasteiger partial charge on any atom is -0.444 e. The van der Waals surface area contributed by atoms with Gasteiger partial charge in [-0.25, -0.2) is 4.79 Å². The predicted molar refractivity (Wildman–Crippen MR) is 73.2 cm³/mol. The molecule has 5 nitrogen and oxygen atoms in total. The molecular weight excluding hydrogens is 244 g/mol. The van der Waals surface area contributed by atoms with Crippen molar-refractivity contribution in [2.45, 2.75) is 57.8 Å². The van der Waals surface area contributed by atoms with Crippen LogP contribution in [0.25, 0.3) is 0 Å². The molecule has 1 N–H and O–H groups in total. The van der Waals surface area contributed by atoms with Gasteiger partial charge in [-0.3, -0.25) is 0 Å². The van der Waals surface area contributed by atoms with Gasteiger partial charge in [-0.05, 0) is 40.7 Å². The number of hydrogen-bond acceptors (Lipinski definition) is 4. The van der Waals surface area contributed by atoms with Gasteiger partial charge in [0.1, 0.15) is 5.60 Å². The zero-order valence-corrected chi connectivity index (χ0v) is 12.5. The predicted octanol–water partition coefficient (Wildman–Crippen LogP) is 1.76. The van der Waals surface area contributed by atoms with E-state index in [0.29, 0.717) is 13.2 Å². The second-order valence-electron chi connectivity index (χ2n) is 6.55. The molecule has 0 aromatic carbocycles. The number of nitrogens with zero attached hydrogens (tertiary/aromatic N) is 1. The lowest BCUT2D eigenvalue weighted by molar-refractivity contribution is 0.00879. The molecule has 0 unspecified atom stereocenters. The summed E-state index contributed by atoms with van der Waals surface area (Å²) in [4.78, 5) is 14.0. The van der Waals surface area contributed by atoms with Gasteiger partial charge in [0.2, 0.25) is 0 Å². The maximum Gasteiger partial charge on any atom is 0.410 e. The van der Waals surface area contributed by atoms with Crippen LogP contribution in [-0.2, 0) is 9.47 Å². The zero-order chi connectivity index (χ0) is 14.1. The quantitative estimate of drug-likeness (QED) is 0.831. The average Bonchev–Trinajstić information content (AvgIpc) is 2.89. The fourth-order valence-electron chi connectivity index (χ4n) is 2.90. The Morgan fingerprint density at radius 1 is 1.53 bits per heavy atom. The first-order valence-electron chi connectivity index (χ1n) is 7.19. The van der Waals surface area contributed by atoms with Gasteiger partial charge in [-0.2, -0.15) is 0 Å². The molecule has 0 aromatic heterocycles. The van der Waals surface area contributed by atoms with E-state index >= 15 is 0 Å². The SMILES string of the molecule is CCN(C(=O)OC(C)(C)C)[C@@H]1CO[C@@]2(CCNC2)C1. The highest BCUT2D eigenvalue weighted by atomic mass is 16.6. The lowest BCUT2D eigenvalue weighted by Gasteiger charge is -2.30. The molecule has 0 aliphatic carbocycles. The molecule has 2 aliphatic heterocycles. The molecule has 2 atom stereocenters. The highest BCUT2D eigenvalue weighted by Crippen LogP contribution is 2.34. The van der Waals surface area contributed by atoms with Crippen molar-refractivity contribution < 1.29 is 14.3 Å². The van der Waals surface area contributed by atoms with Crippen molar-refractivity contribution in [2.24, 2.45) is 0 Å². The van der Waals surface area contributed by atoms with Crippen LogP contribution < -0.4 is 5.32 Å². The minimum absolute atomic E-state index is 0.0555. The molecule has 0 bridgehead atoms. The molecule has 19 heavy (non-hydrogen) atoms. The van der Waals surface area contributed by atoms with Crippen LogP contribution in [0.1, 0.15) is 40.5 Å². The topological polar surface area (TPSA) is 50.8 Å². The fraction of sp³-hybridized carbons (Fsp3) is 0.929. The number of rotatable bonds is 2. The Bertz CT molecular complexity index is 332. The average molecular weight is 270 g/mol. The second kappa shape index (κ2) is 5.29. The van der Waals surface area contributed by atoms with Gasteiger partial charge in [-0.15, -0.1) is 0 Å². The van der Waals surface area contributed by atoms with Gasteiger partial charge >= 0.3 is 6.09 Å². The van der Waals surface area contributed by atoms with Crippen LogP contribution in [0.15, 0.2) is 0 Å². The van der Waals surface area contributed by atoms with Crippen molar-refractivity contribution in [3.8, 4) is 0 Å². The Morgan fingerprint density at radius 3 is 2.79 bits per heavy atom. The summed E-state index contributed by atoms with van der Waals surface area (Å²) in [6.45, 7) is 10.9. The van der Waals surface area contributed by atoms with E-state index in [1.54, 1.807) is 4.90 Å². The molecule has 1 spiro atoms. The first kappa shape index (κ1) is 14.6. The Hall–Kier alpha value is -0.810. The third-order valence-electron chi connectivity index (χ3n) is 3.80. The largest absolute Gasteiger partial charge is 0.444 e. The van der Waals surface area contributed by atoms with Crippen molar-refractivity contribution in [3.05, 3.63) is 0 Å². The van der Waals surface area contributed by atoms with Crippen molar-refractivity contribution in [3.63, 3.8) is 0 Å². The van der Waals surface area contributed by atoms with Crippen molar-refractivity contribution in [2.75, 3.05) is 26.2 Å². The summed E-state index contributed by atoms with van der Waals surface area (Å²) < 4.78 is 11.4. The van der Waals surface area contributed by atoms with Crippen LogP contribution in [0.5, 0.6) is 0 Å². The minimum atomic E-state index is -0.448. The number of likely N-dealkylation sites (N-methyl/N-ethyl adjacent to an activating group) is 1. The second-order valence-corrected chi connectivity index (χ2v) is 6.55. The van der Waals surface area contributed by atoms with E-state index in [9.17, 15) is 4.79 Å². The number of ether oxygens (including phenoxy) is 2. The smallest absolute Gasteiger partial charge is 0.410 e. The molecule has 2 saturated heterocycles. The highest BCUT2D eigenvalue weighted by molar-refractivity contribution is 5.68. The summed E-state index contributed by atoms with van der Waals surface area (Å²) in [6, 6.07) is 0.139. The summed E-state index contributed by atoms with van der Waals surface area (Å²) >= 11 is 0. The van der Waals surface area contributed by atoms with Gasteiger partial charge in [0, 0.05) is 19.5 Å². The van der Waals surface area contributed by atoms with Crippen molar-refractivity contribution >= 4 is 6.09 Å². The summed E-state index contributed by atoms with van der Waals surface area (Å²) in [5, 5.41) is 3.34. The van der Waals surface area contributed by atoms with E-state index in [1.807, 2.05) is 27.7 Å². The lowest BCUT2D eigenvalue weighted by atomic mass is 9.96. The van der Waals surface area contributed by atoms with E-state index < -0.39 is 5.60 Å². The van der Waals surface area contributed by atoms with Gasteiger partial charge in [0.05, 0.1) is 18.2 Å². The van der Waals surface area contributed by atoms with Crippen LogP contribution >= 0.6 is 0 Å². The lowest BCUT2D eigenvalue weighted by Crippen LogP contribution is -2.44. The molecular formula is C14H26N2O3. The number of carbonyl (C=O) groups is 1. The van der Waals surface area contributed by atoms with Crippen molar-refractivity contribution in [1.82, 2.24) is 10.2 Å².